The van der Waals surface area contributed by atoms with Crippen molar-refractivity contribution in [1.29, 1.82) is 0 Å². The highest BCUT2D eigenvalue weighted by atomic mass is 14.4. The van der Waals surface area contributed by atoms with Crippen molar-refractivity contribution in [3.05, 3.63) is 132 Å². The highest BCUT2D eigenvalue weighted by Crippen LogP contribution is 2.51. The van der Waals surface area contributed by atoms with Crippen LogP contribution in [0.4, 0.5) is 0 Å². The first-order valence-corrected chi connectivity index (χ1v) is 14.8. The zero-order chi connectivity index (χ0) is 28.1. The van der Waals surface area contributed by atoms with Crippen molar-refractivity contribution in [1.82, 2.24) is 0 Å². The summed E-state index contributed by atoms with van der Waals surface area (Å²) in [5, 5.41) is 2.72. The second kappa shape index (κ2) is 8.30. The van der Waals surface area contributed by atoms with Gasteiger partial charge in [0.2, 0.25) is 0 Å². The van der Waals surface area contributed by atoms with Crippen LogP contribution in [0.3, 0.4) is 0 Å². The summed E-state index contributed by atoms with van der Waals surface area (Å²) in [4.78, 5) is 0. The van der Waals surface area contributed by atoms with Crippen LogP contribution in [0.1, 0.15) is 51.3 Å². The molecule has 41 heavy (non-hydrogen) atoms. The van der Waals surface area contributed by atoms with Crippen LogP contribution in [0, 0.1) is 0 Å². The van der Waals surface area contributed by atoms with Gasteiger partial charge in [-0.2, -0.15) is 0 Å². The standard InChI is InChI=1S/C41H34/c1-40(2,3)28-18-20-30-35-22-21-29(33-10-8-11-34(39(33)35)36(30)24-28)26-15-13-25(14-16-26)27-17-19-32-31-9-6-7-12-37(31)41(4,5)38(32)23-27/h6-24H,1-5H3. The summed E-state index contributed by atoms with van der Waals surface area (Å²) in [7, 11) is 0. The maximum absolute atomic E-state index is 2.41. The van der Waals surface area contributed by atoms with Crippen LogP contribution in [0.25, 0.3) is 66.4 Å². The molecule has 0 heteroatoms. The van der Waals surface area contributed by atoms with Crippen LogP contribution in [-0.4, -0.2) is 0 Å². The van der Waals surface area contributed by atoms with Crippen molar-refractivity contribution in [2.45, 2.75) is 45.4 Å². The Bertz CT molecular complexity index is 2030. The Morgan fingerprint density at radius 2 is 1.05 bits per heavy atom. The second-order valence-corrected chi connectivity index (χ2v) is 13.4. The molecule has 2 aliphatic carbocycles. The fourth-order valence-corrected chi connectivity index (χ4v) is 7.30. The Labute approximate surface area is 243 Å². The van der Waals surface area contributed by atoms with Crippen LogP contribution in [0.2, 0.25) is 0 Å². The van der Waals surface area contributed by atoms with Gasteiger partial charge in [0, 0.05) is 5.41 Å². The van der Waals surface area contributed by atoms with E-state index in [1.165, 1.54) is 83.1 Å². The molecule has 0 unspecified atom stereocenters. The van der Waals surface area contributed by atoms with Crippen LogP contribution >= 0.6 is 0 Å². The van der Waals surface area contributed by atoms with Gasteiger partial charge < -0.3 is 0 Å². The van der Waals surface area contributed by atoms with Crippen LogP contribution in [-0.2, 0) is 10.8 Å². The topological polar surface area (TPSA) is 0 Å². The molecule has 0 fully saturated rings. The minimum Gasteiger partial charge on any atom is -0.0619 e. The Kier molecular flexibility index (Phi) is 4.94. The zero-order valence-corrected chi connectivity index (χ0v) is 24.5. The minimum absolute atomic E-state index is 0.0116. The maximum atomic E-state index is 2.41. The molecule has 6 aromatic rings. The SMILES string of the molecule is CC(C)(C)c1ccc2c(c1)-c1cccc3c(-c4ccc(-c5ccc6c(c5)C(C)(C)c5ccccc5-6)cc4)ccc-2c13. The van der Waals surface area contributed by atoms with Crippen molar-refractivity contribution < 1.29 is 0 Å². The van der Waals surface area contributed by atoms with Gasteiger partial charge in [-0.3, -0.25) is 0 Å². The molecule has 0 saturated carbocycles. The van der Waals surface area contributed by atoms with Gasteiger partial charge >= 0.3 is 0 Å². The summed E-state index contributed by atoms with van der Waals surface area (Å²) in [5.41, 5.74) is 17.6. The molecular formula is C41H34. The molecular weight excluding hydrogens is 492 g/mol. The van der Waals surface area contributed by atoms with E-state index in [-0.39, 0.29) is 10.8 Å². The summed E-state index contributed by atoms with van der Waals surface area (Å²) in [6.45, 7) is 11.6. The summed E-state index contributed by atoms with van der Waals surface area (Å²) >= 11 is 0. The Hall–Kier alpha value is -4.42. The minimum atomic E-state index is 0.0116. The lowest BCUT2D eigenvalue weighted by Crippen LogP contribution is -2.14. The van der Waals surface area contributed by atoms with E-state index in [0.29, 0.717) is 0 Å². The predicted octanol–water partition coefficient (Wildman–Crippen LogP) is 11.4. The Morgan fingerprint density at radius 3 is 1.85 bits per heavy atom. The van der Waals surface area contributed by atoms with E-state index in [1.54, 1.807) is 0 Å². The fraction of sp³-hybridized carbons (Fsp3) is 0.171. The van der Waals surface area contributed by atoms with E-state index in [4.69, 9.17) is 0 Å². The first-order chi connectivity index (χ1) is 19.7. The zero-order valence-electron chi connectivity index (χ0n) is 24.5. The molecule has 0 radical (unpaired) electrons. The Balaban J connectivity index is 1.19. The van der Waals surface area contributed by atoms with Gasteiger partial charge in [0.25, 0.3) is 0 Å². The van der Waals surface area contributed by atoms with Gasteiger partial charge in [0.15, 0.2) is 0 Å². The van der Waals surface area contributed by atoms with E-state index in [1.807, 2.05) is 0 Å². The molecule has 8 rings (SSSR count). The smallest absolute Gasteiger partial charge is 0.0159 e. The Morgan fingerprint density at radius 1 is 0.439 bits per heavy atom. The third-order valence-electron chi connectivity index (χ3n) is 9.62. The predicted molar refractivity (Wildman–Crippen MR) is 176 cm³/mol. The molecule has 2 aliphatic rings. The normalized spacial score (nSPS) is 14.2. The first kappa shape index (κ1) is 24.4. The highest BCUT2D eigenvalue weighted by molar-refractivity contribution is 6.18. The second-order valence-electron chi connectivity index (χ2n) is 13.4. The van der Waals surface area contributed by atoms with E-state index in [0.717, 1.165) is 0 Å². The van der Waals surface area contributed by atoms with Crippen molar-refractivity contribution >= 4 is 10.8 Å². The molecule has 0 N–H and O–H groups in total. The van der Waals surface area contributed by atoms with E-state index < -0.39 is 0 Å². The van der Waals surface area contributed by atoms with Gasteiger partial charge in [-0.25, -0.2) is 0 Å². The number of hydrogen-bond acceptors (Lipinski definition) is 0. The number of hydrogen-bond donors (Lipinski definition) is 0. The summed E-state index contributed by atoms with van der Waals surface area (Å²) in [6.07, 6.45) is 0. The summed E-state index contributed by atoms with van der Waals surface area (Å²) in [5.74, 6) is 0. The molecule has 0 aliphatic heterocycles. The number of fused-ring (bicyclic) bond motifs is 6. The highest BCUT2D eigenvalue weighted by Gasteiger charge is 2.35. The first-order valence-electron chi connectivity index (χ1n) is 14.8. The average Bonchev–Trinajstić information content (AvgIpc) is 3.42. The molecule has 6 aromatic carbocycles. The molecule has 0 nitrogen and oxygen atoms in total. The molecule has 0 bridgehead atoms. The van der Waals surface area contributed by atoms with Crippen LogP contribution in [0.15, 0.2) is 115 Å². The van der Waals surface area contributed by atoms with Crippen molar-refractivity contribution in [2.24, 2.45) is 0 Å². The lowest BCUT2D eigenvalue weighted by Gasteiger charge is -2.22. The van der Waals surface area contributed by atoms with Crippen molar-refractivity contribution in [2.75, 3.05) is 0 Å². The van der Waals surface area contributed by atoms with Crippen LogP contribution < -0.4 is 0 Å². The quantitative estimate of drug-likeness (QED) is 0.210. The molecule has 0 heterocycles. The number of rotatable bonds is 2. The lowest BCUT2D eigenvalue weighted by atomic mass is 9.81. The molecule has 0 aromatic heterocycles. The summed E-state index contributed by atoms with van der Waals surface area (Å²) in [6, 6.07) is 43.6. The van der Waals surface area contributed by atoms with Crippen LogP contribution in [0.5, 0.6) is 0 Å². The van der Waals surface area contributed by atoms with Gasteiger partial charge in [-0.05, 0) is 101 Å². The van der Waals surface area contributed by atoms with Gasteiger partial charge in [-0.15, -0.1) is 0 Å². The van der Waals surface area contributed by atoms with Gasteiger partial charge in [0.05, 0.1) is 0 Å². The molecule has 0 spiro atoms. The monoisotopic (exact) mass is 526 g/mol. The molecule has 0 saturated heterocycles. The van der Waals surface area contributed by atoms with E-state index >= 15 is 0 Å². The van der Waals surface area contributed by atoms with E-state index in [2.05, 4.69) is 150 Å². The number of benzene rings is 6. The van der Waals surface area contributed by atoms with Crippen molar-refractivity contribution in [3.63, 3.8) is 0 Å². The maximum Gasteiger partial charge on any atom is 0.0159 e. The van der Waals surface area contributed by atoms with Gasteiger partial charge in [0.1, 0.15) is 0 Å². The third kappa shape index (κ3) is 3.47. The fourth-order valence-electron chi connectivity index (χ4n) is 7.30. The third-order valence-corrected chi connectivity index (χ3v) is 9.62. The molecule has 0 atom stereocenters. The average molecular weight is 527 g/mol. The van der Waals surface area contributed by atoms with E-state index in [9.17, 15) is 0 Å². The lowest BCUT2D eigenvalue weighted by molar-refractivity contribution is 0.590. The molecule has 198 valence electrons. The van der Waals surface area contributed by atoms with Gasteiger partial charge in [-0.1, -0.05) is 138 Å². The molecule has 0 amide bonds. The largest absolute Gasteiger partial charge is 0.0619 e. The van der Waals surface area contributed by atoms with Crippen molar-refractivity contribution in [3.8, 4) is 55.6 Å². The summed E-state index contributed by atoms with van der Waals surface area (Å²) < 4.78 is 0.